The molecule has 1 aromatic rings. The highest BCUT2D eigenvalue weighted by Crippen LogP contribution is 2.35. The molecule has 0 N–H and O–H groups in total. The van der Waals surface area contributed by atoms with Crippen molar-refractivity contribution >= 4 is 23.7 Å². The second-order valence-corrected chi connectivity index (χ2v) is 6.58. The molecule has 0 bridgehead atoms. The summed E-state index contributed by atoms with van der Waals surface area (Å²) < 4.78 is 10.4. The summed E-state index contributed by atoms with van der Waals surface area (Å²) in [5, 5.41) is 4.28. The molecule has 0 radical (unpaired) electrons. The summed E-state index contributed by atoms with van der Waals surface area (Å²) in [5.41, 5.74) is 0.690. The fourth-order valence-electron chi connectivity index (χ4n) is 3.19. The van der Waals surface area contributed by atoms with Crippen molar-refractivity contribution in [3.8, 4) is 11.5 Å². The van der Waals surface area contributed by atoms with Crippen LogP contribution in [0.3, 0.4) is 0 Å². The van der Waals surface area contributed by atoms with Crippen molar-refractivity contribution in [3.63, 3.8) is 0 Å². The molecule has 1 fully saturated rings. The molecule has 1 aliphatic heterocycles. The molecule has 2 rings (SSSR count). The van der Waals surface area contributed by atoms with E-state index < -0.39 is 0 Å². The normalized spacial score (nSPS) is 20.6. The molecule has 1 saturated heterocycles. The fourth-order valence-corrected chi connectivity index (χ4v) is 3.49. The van der Waals surface area contributed by atoms with E-state index in [-0.39, 0.29) is 24.6 Å². The van der Waals surface area contributed by atoms with Crippen LogP contribution in [0.25, 0.3) is 0 Å². The van der Waals surface area contributed by atoms with Crippen molar-refractivity contribution in [2.45, 2.75) is 45.2 Å². The number of hydrogen-bond acceptors (Lipinski definition) is 5. The number of methoxy groups -OCH3 is 2. The minimum atomic E-state index is -0.0772. The minimum absolute atomic E-state index is 0.0396. The molecule has 0 spiro atoms. The van der Waals surface area contributed by atoms with Gasteiger partial charge in [0.05, 0.1) is 25.5 Å². The zero-order chi connectivity index (χ0) is 18.4. The van der Waals surface area contributed by atoms with E-state index in [2.05, 4.69) is 19.0 Å². The number of carbonyl (C=O) groups is 1. The van der Waals surface area contributed by atoms with Crippen LogP contribution < -0.4 is 9.47 Å². The Labute approximate surface area is 153 Å². The van der Waals surface area contributed by atoms with Gasteiger partial charge in [0.15, 0.2) is 18.1 Å². The Morgan fingerprint density at radius 1 is 1.28 bits per heavy atom. The average molecular weight is 369 g/mol. The van der Waals surface area contributed by atoms with Crippen molar-refractivity contribution in [1.82, 2.24) is 4.90 Å². The van der Waals surface area contributed by atoms with Gasteiger partial charge in [-0.2, -0.15) is 0 Å². The monoisotopic (exact) mass is 368 g/mol. The van der Waals surface area contributed by atoms with Gasteiger partial charge < -0.3 is 19.2 Å². The van der Waals surface area contributed by atoms with Crippen LogP contribution in [0.1, 0.15) is 38.7 Å². The third-order valence-corrected chi connectivity index (χ3v) is 4.68. The molecule has 138 valence electrons. The molecule has 0 unspecified atom stereocenters. The first-order valence-corrected chi connectivity index (χ1v) is 8.73. The Bertz CT molecular complexity index is 626. The van der Waals surface area contributed by atoms with Gasteiger partial charge in [0.2, 0.25) is 0 Å². The van der Waals surface area contributed by atoms with Gasteiger partial charge in [0, 0.05) is 17.6 Å². The number of nitrogens with zero attached hydrogens (tertiary/aromatic N) is 2. The second kappa shape index (κ2) is 8.94. The number of halogens is 1. The predicted molar refractivity (Wildman–Crippen MR) is 97.7 cm³/mol. The van der Waals surface area contributed by atoms with Gasteiger partial charge in [0.25, 0.3) is 5.91 Å². The zero-order valence-electron chi connectivity index (χ0n) is 15.1. The van der Waals surface area contributed by atoms with E-state index in [0.717, 1.165) is 19.3 Å². The first-order chi connectivity index (χ1) is 12.0. The first-order valence-electron chi connectivity index (χ1n) is 8.36. The van der Waals surface area contributed by atoms with Crippen LogP contribution in [0, 0.1) is 0 Å². The van der Waals surface area contributed by atoms with Crippen molar-refractivity contribution in [3.05, 3.63) is 22.7 Å². The second-order valence-electron chi connectivity index (χ2n) is 6.18. The maximum atomic E-state index is 12.3. The van der Waals surface area contributed by atoms with Gasteiger partial charge in [-0.15, -0.1) is 0 Å². The van der Waals surface area contributed by atoms with Crippen LogP contribution in [0.2, 0.25) is 5.02 Å². The summed E-state index contributed by atoms with van der Waals surface area (Å²) in [6.45, 7) is 4.07. The Kier molecular flexibility index (Phi) is 6.93. The Morgan fingerprint density at radius 2 is 1.96 bits per heavy atom. The maximum Gasteiger partial charge on any atom is 0.263 e. The molecule has 2 atom stereocenters. The van der Waals surface area contributed by atoms with E-state index in [1.54, 1.807) is 12.1 Å². The number of amides is 1. The molecular weight excluding hydrogens is 344 g/mol. The van der Waals surface area contributed by atoms with E-state index in [9.17, 15) is 4.79 Å². The van der Waals surface area contributed by atoms with Crippen LogP contribution in [-0.2, 0) is 9.63 Å². The Balaban J connectivity index is 1.95. The van der Waals surface area contributed by atoms with Crippen LogP contribution in [-0.4, -0.2) is 49.9 Å². The lowest BCUT2D eigenvalue weighted by molar-refractivity contribution is -0.142. The van der Waals surface area contributed by atoms with E-state index in [4.69, 9.17) is 25.9 Å². The fraction of sp³-hybridized carbons (Fsp3) is 0.556. The van der Waals surface area contributed by atoms with Crippen LogP contribution in [0.5, 0.6) is 11.5 Å². The van der Waals surface area contributed by atoms with Gasteiger partial charge in [-0.25, -0.2) is 0 Å². The maximum absolute atomic E-state index is 12.3. The van der Waals surface area contributed by atoms with E-state index in [1.165, 1.54) is 20.4 Å². The van der Waals surface area contributed by atoms with Crippen molar-refractivity contribution in [2.75, 3.05) is 20.8 Å². The van der Waals surface area contributed by atoms with Crippen LogP contribution in [0.4, 0.5) is 0 Å². The summed E-state index contributed by atoms with van der Waals surface area (Å²) in [5.74, 6) is 0.927. The SMILES string of the molecule is COc1cc(/C=N\OCC(=O)N2[C@H](C)CCC[C@@H]2C)cc(Cl)c1OC. The molecule has 1 amide bonds. The number of benzene rings is 1. The molecule has 6 nitrogen and oxygen atoms in total. The summed E-state index contributed by atoms with van der Waals surface area (Å²) in [6.07, 6.45) is 4.71. The van der Waals surface area contributed by atoms with E-state index in [0.29, 0.717) is 22.1 Å². The lowest BCUT2D eigenvalue weighted by Crippen LogP contribution is -2.48. The highest BCUT2D eigenvalue weighted by molar-refractivity contribution is 6.32. The van der Waals surface area contributed by atoms with Crippen LogP contribution >= 0.6 is 11.6 Å². The van der Waals surface area contributed by atoms with E-state index in [1.807, 2.05) is 4.90 Å². The van der Waals surface area contributed by atoms with Gasteiger partial charge in [0.1, 0.15) is 0 Å². The average Bonchev–Trinajstić information content (AvgIpc) is 2.58. The molecule has 1 heterocycles. The number of rotatable bonds is 6. The zero-order valence-corrected chi connectivity index (χ0v) is 15.9. The van der Waals surface area contributed by atoms with E-state index >= 15 is 0 Å². The lowest BCUT2D eigenvalue weighted by atomic mass is 9.97. The number of ether oxygens (including phenoxy) is 2. The minimum Gasteiger partial charge on any atom is -0.493 e. The number of oxime groups is 1. The topological polar surface area (TPSA) is 60.4 Å². The highest BCUT2D eigenvalue weighted by atomic mass is 35.5. The molecule has 0 aromatic heterocycles. The predicted octanol–water partition coefficient (Wildman–Crippen LogP) is 3.50. The Morgan fingerprint density at radius 3 is 2.56 bits per heavy atom. The molecular formula is C18H25ClN2O4. The van der Waals surface area contributed by atoms with Gasteiger partial charge >= 0.3 is 0 Å². The number of likely N-dealkylation sites (tertiary alicyclic amines) is 1. The Hall–Kier alpha value is -1.95. The molecule has 1 aliphatic rings. The largest absolute Gasteiger partial charge is 0.493 e. The third kappa shape index (κ3) is 4.78. The van der Waals surface area contributed by atoms with Crippen LogP contribution in [0.15, 0.2) is 17.3 Å². The number of hydrogen-bond donors (Lipinski definition) is 0. The standard InChI is InChI=1S/C18H25ClN2O4/c1-12-6-5-7-13(2)21(12)17(22)11-25-20-10-14-8-15(19)18(24-4)16(9-14)23-3/h8-10,12-13H,5-7,11H2,1-4H3/b20-10-/t12-,13+. The number of carbonyl (C=O) groups excluding carboxylic acids is 1. The first kappa shape index (κ1) is 19.4. The van der Waals surface area contributed by atoms with Crippen molar-refractivity contribution in [2.24, 2.45) is 5.16 Å². The summed E-state index contributed by atoms with van der Waals surface area (Å²) in [4.78, 5) is 19.4. The van der Waals surface area contributed by atoms with Gasteiger partial charge in [-0.1, -0.05) is 16.8 Å². The highest BCUT2D eigenvalue weighted by Gasteiger charge is 2.28. The molecule has 0 aliphatic carbocycles. The smallest absolute Gasteiger partial charge is 0.263 e. The van der Waals surface area contributed by atoms with Crippen molar-refractivity contribution in [1.29, 1.82) is 0 Å². The molecule has 25 heavy (non-hydrogen) atoms. The molecule has 1 aromatic carbocycles. The van der Waals surface area contributed by atoms with Crippen molar-refractivity contribution < 1.29 is 19.1 Å². The van der Waals surface area contributed by atoms with Gasteiger partial charge in [-0.3, -0.25) is 4.79 Å². The lowest BCUT2D eigenvalue weighted by Gasteiger charge is -2.38. The third-order valence-electron chi connectivity index (χ3n) is 4.40. The summed E-state index contributed by atoms with van der Waals surface area (Å²) in [7, 11) is 3.06. The molecule has 0 saturated carbocycles. The summed E-state index contributed by atoms with van der Waals surface area (Å²) in [6, 6.07) is 3.91. The summed E-state index contributed by atoms with van der Waals surface area (Å²) >= 11 is 6.14. The van der Waals surface area contributed by atoms with Gasteiger partial charge in [-0.05, 0) is 45.2 Å². The quantitative estimate of drug-likeness (QED) is 0.569. The molecule has 7 heteroatoms. The number of piperidine rings is 1.